The van der Waals surface area contributed by atoms with E-state index in [1.165, 1.54) is 6.07 Å². The van der Waals surface area contributed by atoms with Gasteiger partial charge in [0.25, 0.3) is 0 Å². The lowest BCUT2D eigenvalue weighted by atomic mass is 9.82. The number of anilines is 1. The summed E-state index contributed by atoms with van der Waals surface area (Å²) >= 11 is 0. The van der Waals surface area contributed by atoms with E-state index in [4.69, 9.17) is 4.74 Å². The van der Waals surface area contributed by atoms with Crippen molar-refractivity contribution in [1.29, 1.82) is 0 Å². The Balaban J connectivity index is 1.90. The predicted molar refractivity (Wildman–Crippen MR) is 102 cm³/mol. The Labute approximate surface area is 156 Å². The number of hydrogen-bond donors (Lipinski definition) is 2. The van der Waals surface area contributed by atoms with E-state index in [-0.39, 0.29) is 34.2 Å². The number of aromatic hydroxyl groups is 1. The molecule has 0 fully saturated rings. The number of carbonyl (C=O) groups is 2. The van der Waals surface area contributed by atoms with Crippen LogP contribution in [0.3, 0.4) is 0 Å². The molecule has 0 aromatic heterocycles. The van der Waals surface area contributed by atoms with Crippen molar-refractivity contribution in [2.45, 2.75) is 6.92 Å². The van der Waals surface area contributed by atoms with Crippen molar-refractivity contribution in [3.63, 3.8) is 0 Å². The number of carbonyl (C=O) groups excluding carboxylic acids is 2. The molecule has 3 aromatic rings. The minimum absolute atomic E-state index is 0.000642. The molecule has 27 heavy (non-hydrogen) atoms. The monoisotopic (exact) mass is 359 g/mol. The summed E-state index contributed by atoms with van der Waals surface area (Å²) in [5, 5.41) is 13.5. The third-order valence-corrected chi connectivity index (χ3v) is 4.64. The smallest absolute Gasteiger partial charge is 0.198 e. The van der Waals surface area contributed by atoms with Gasteiger partial charge in [-0.05, 0) is 19.1 Å². The Morgan fingerprint density at radius 3 is 2.07 bits per heavy atom. The van der Waals surface area contributed by atoms with Crippen LogP contribution in [-0.2, 0) is 0 Å². The van der Waals surface area contributed by atoms with Crippen molar-refractivity contribution < 1.29 is 19.4 Å². The van der Waals surface area contributed by atoms with Gasteiger partial charge in [0.15, 0.2) is 17.3 Å². The highest BCUT2D eigenvalue weighted by molar-refractivity contribution is 6.31. The topological polar surface area (TPSA) is 75.6 Å². The Bertz CT molecular complexity index is 1080. The van der Waals surface area contributed by atoms with E-state index in [0.29, 0.717) is 22.6 Å². The molecule has 5 heteroatoms. The first-order valence-corrected chi connectivity index (χ1v) is 8.52. The molecule has 0 amide bonds. The standard InChI is InChI=1S/C22H17NO4/c1-12-7-9-13(10-8-12)27-17-11-16(24)18-19(20(17)23-2)22(26)15-6-4-3-5-14(15)21(18)25/h3-11,23-24H,1-2H3. The fourth-order valence-electron chi connectivity index (χ4n) is 3.31. The largest absolute Gasteiger partial charge is 0.507 e. The van der Waals surface area contributed by atoms with Crippen LogP contribution >= 0.6 is 0 Å². The van der Waals surface area contributed by atoms with Crippen molar-refractivity contribution in [3.05, 3.63) is 82.4 Å². The van der Waals surface area contributed by atoms with Gasteiger partial charge in [-0.25, -0.2) is 0 Å². The lowest BCUT2D eigenvalue weighted by Crippen LogP contribution is -2.22. The molecule has 1 aliphatic rings. The summed E-state index contributed by atoms with van der Waals surface area (Å²) < 4.78 is 5.89. The molecule has 1 aliphatic carbocycles. The maximum atomic E-state index is 13.1. The average Bonchev–Trinajstić information content (AvgIpc) is 2.67. The minimum atomic E-state index is -0.379. The number of aryl methyl sites for hydroxylation is 1. The first-order chi connectivity index (χ1) is 13.0. The number of benzene rings is 3. The summed E-state index contributed by atoms with van der Waals surface area (Å²) in [4.78, 5) is 25.9. The van der Waals surface area contributed by atoms with Crippen molar-refractivity contribution in [2.24, 2.45) is 0 Å². The van der Waals surface area contributed by atoms with Gasteiger partial charge in [-0.15, -0.1) is 0 Å². The van der Waals surface area contributed by atoms with E-state index < -0.39 is 0 Å². The molecule has 0 unspecified atom stereocenters. The molecule has 0 heterocycles. The molecule has 134 valence electrons. The molecule has 3 aromatic carbocycles. The van der Waals surface area contributed by atoms with Gasteiger partial charge in [-0.3, -0.25) is 9.59 Å². The number of hydrogen-bond acceptors (Lipinski definition) is 5. The first kappa shape index (κ1) is 16.8. The molecule has 0 bridgehead atoms. The number of phenolic OH excluding ortho intramolecular Hbond substituents is 1. The quantitative estimate of drug-likeness (QED) is 0.533. The van der Waals surface area contributed by atoms with E-state index in [0.717, 1.165) is 5.56 Å². The zero-order chi connectivity index (χ0) is 19.1. The fraction of sp³-hybridized carbons (Fsp3) is 0.0909. The Morgan fingerprint density at radius 1 is 0.889 bits per heavy atom. The number of nitrogens with one attached hydrogen (secondary N) is 1. The summed E-state index contributed by atoms with van der Waals surface area (Å²) in [6.07, 6.45) is 0. The highest BCUT2D eigenvalue weighted by atomic mass is 16.5. The zero-order valence-electron chi connectivity index (χ0n) is 14.9. The molecule has 0 radical (unpaired) electrons. The van der Waals surface area contributed by atoms with Gasteiger partial charge in [0, 0.05) is 24.2 Å². The third-order valence-electron chi connectivity index (χ3n) is 4.64. The second-order valence-corrected chi connectivity index (χ2v) is 6.39. The highest BCUT2D eigenvalue weighted by Crippen LogP contribution is 2.43. The normalized spacial score (nSPS) is 12.4. The van der Waals surface area contributed by atoms with E-state index in [1.807, 2.05) is 19.1 Å². The van der Waals surface area contributed by atoms with Crippen LogP contribution in [0.2, 0.25) is 0 Å². The van der Waals surface area contributed by atoms with Crippen molar-refractivity contribution in [1.82, 2.24) is 0 Å². The van der Waals surface area contributed by atoms with Crippen LogP contribution in [0, 0.1) is 6.92 Å². The lowest BCUT2D eigenvalue weighted by molar-refractivity contribution is 0.0977. The van der Waals surface area contributed by atoms with Crippen LogP contribution in [-0.4, -0.2) is 23.7 Å². The highest BCUT2D eigenvalue weighted by Gasteiger charge is 2.35. The van der Waals surface area contributed by atoms with E-state index >= 15 is 0 Å². The summed E-state index contributed by atoms with van der Waals surface area (Å²) in [6.45, 7) is 1.97. The molecule has 0 spiro atoms. The van der Waals surface area contributed by atoms with Gasteiger partial charge in [-0.1, -0.05) is 42.0 Å². The zero-order valence-corrected chi connectivity index (χ0v) is 14.9. The number of rotatable bonds is 3. The Kier molecular flexibility index (Phi) is 3.92. The second-order valence-electron chi connectivity index (χ2n) is 6.39. The van der Waals surface area contributed by atoms with Crippen LogP contribution in [0.4, 0.5) is 5.69 Å². The number of ketones is 2. The third kappa shape index (κ3) is 2.64. The predicted octanol–water partition coefficient (Wildman–Crippen LogP) is 4.31. The van der Waals surface area contributed by atoms with Crippen LogP contribution in [0.15, 0.2) is 54.6 Å². The van der Waals surface area contributed by atoms with E-state index in [1.54, 1.807) is 43.4 Å². The average molecular weight is 359 g/mol. The van der Waals surface area contributed by atoms with Crippen LogP contribution in [0.1, 0.15) is 37.4 Å². The maximum absolute atomic E-state index is 13.1. The second kappa shape index (κ2) is 6.29. The van der Waals surface area contributed by atoms with E-state index in [9.17, 15) is 14.7 Å². The number of phenols is 1. The van der Waals surface area contributed by atoms with Gasteiger partial charge in [0.1, 0.15) is 11.5 Å². The SMILES string of the molecule is CNc1c(Oc2ccc(C)cc2)cc(O)c2c1C(=O)c1ccccc1C2=O. The van der Waals surface area contributed by atoms with Crippen molar-refractivity contribution >= 4 is 17.3 Å². The van der Waals surface area contributed by atoms with Gasteiger partial charge in [-0.2, -0.15) is 0 Å². The van der Waals surface area contributed by atoms with Crippen molar-refractivity contribution in [3.8, 4) is 17.2 Å². The minimum Gasteiger partial charge on any atom is -0.507 e. The first-order valence-electron chi connectivity index (χ1n) is 8.52. The van der Waals surface area contributed by atoms with E-state index in [2.05, 4.69) is 5.32 Å². The molecular weight excluding hydrogens is 342 g/mol. The molecule has 0 atom stereocenters. The van der Waals surface area contributed by atoms with Crippen LogP contribution < -0.4 is 10.1 Å². The van der Waals surface area contributed by atoms with Gasteiger partial charge >= 0.3 is 0 Å². The maximum Gasteiger partial charge on any atom is 0.198 e. The number of fused-ring (bicyclic) bond motifs is 2. The lowest BCUT2D eigenvalue weighted by Gasteiger charge is -2.23. The Morgan fingerprint density at radius 2 is 1.48 bits per heavy atom. The molecule has 0 aliphatic heterocycles. The van der Waals surface area contributed by atoms with Gasteiger partial charge in [0.2, 0.25) is 0 Å². The molecular formula is C22H17NO4. The van der Waals surface area contributed by atoms with Gasteiger partial charge < -0.3 is 15.2 Å². The van der Waals surface area contributed by atoms with Gasteiger partial charge in [0.05, 0.1) is 16.8 Å². The molecule has 2 N–H and O–H groups in total. The van der Waals surface area contributed by atoms with Crippen LogP contribution in [0.25, 0.3) is 0 Å². The summed E-state index contributed by atoms with van der Waals surface area (Å²) in [5.74, 6) is -0.145. The van der Waals surface area contributed by atoms with Crippen LogP contribution in [0.5, 0.6) is 17.2 Å². The number of ether oxygens (including phenoxy) is 1. The van der Waals surface area contributed by atoms with Crippen molar-refractivity contribution in [2.75, 3.05) is 12.4 Å². The molecule has 0 saturated carbocycles. The molecule has 0 saturated heterocycles. The Hall–Kier alpha value is -3.60. The fourth-order valence-corrected chi connectivity index (χ4v) is 3.31. The molecule has 4 rings (SSSR count). The molecule has 5 nitrogen and oxygen atoms in total. The summed E-state index contributed by atoms with van der Waals surface area (Å²) in [5.41, 5.74) is 2.19. The summed E-state index contributed by atoms with van der Waals surface area (Å²) in [7, 11) is 1.65. The summed E-state index contributed by atoms with van der Waals surface area (Å²) in [6, 6.07) is 15.4.